The summed E-state index contributed by atoms with van der Waals surface area (Å²) in [6, 6.07) is 8.04. The highest BCUT2D eigenvalue weighted by molar-refractivity contribution is 6.01. The summed E-state index contributed by atoms with van der Waals surface area (Å²) < 4.78 is 38.5. The Bertz CT molecular complexity index is 1010. The summed E-state index contributed by atoms with van der Waals surface area (Å²) in [7, 11) is 0. The predicted molar refractivity (Wildman–Crippen MR) is 98.0 cm³/mol. The number of hydrogen-bond donors (Lipinski definition) is 4. The maximum atomic E-state index is 12.8. The Balaban J connectivity index is 2.11. The molecule has 0 saturated heterocycles. The monoisotopic (exact) mass is 393 g/mol. The summed E-state index contributed by atoms with van der Waals surface area (Å²) in [5.74, 6) is -0.205. The van der Waals surface area contributed by atoms with E-state index >= 15 is 0 Å². The highest BCUT2D eigenvalue weighted by Gasteiger charge is 2.31. The van der Waals surface area contributed by atoms with Crippen LogP contribution in [0.3, 0.4) is 0 Å². The van der Waals surface area contributed by atoms with Gasteiger partial charge in [-0.05, 0) is 31.2 Å². The molecule has 6 nitrogen and oxygen atoms in total. The van der Waals surface area contributed by atoms with Crippen LogP contribution in [-0.2, 0) is 6.18 Å². The molecule has 0 fully saturated rings. The number of phenolic OH excluding ortho intramolecular Hbond substituents is 1. The Morgan fingerprint density at radius 2 is 1.82 bits per heavy atom. The van der Waals surface area contributed by atoms with Crippen molar-refractivity contribution in [3.05, 3.63) is 47.5 Å². The number of aryl methyl sites for hydroxylation is 1. The number of aliphatic hydroxyl groups excluding tert-OH is 2. The van der Waals surface area contributed by atoms with Gasteiger partial charge in [0.25, 0.3) is 0 Å². The van der Waals surface area contributed by atoms with Crippen molar-refractivity contribution in [2.45, 2.75) is 19.2 Å². The van der Waals surface area contributed by atoms with E-state index in [2.05, 4.69) is 15.5 Å². The molecule has 3 aromatic rings. The van der Waals surface area contributed by atoms with Gasteiger partial charge >= 0.3 is 6.18 Å². The lowest BCUT2D eigenvalue weighted by Crippen LogP contribution is -2.23. The minimum Gasteiger partial charge on any atom is -0.507 e. The molecule has 9 heteroatoms. The third-order valence-corrected chi connectivity index (χ3v) is 4.23. The predicted octanol–water partition coefficient (Wildman–Crippen LogP) is 3.09. The third kappa shape index (κ3) is 4.00. The molecule has 0 amide bonds. The van der Waals surface area contributed by atoms with E-state index in [1.165, 1.54) is 0 Å². The molecule has 148 valence electrons. The minimum atomic E-state index is -4.57. The maximum Gasteiger partial charge on any atom is 0.416 e. The van der Waals surface area contributed by atoms with E-state index in [4.69, 9.17) is 5.11 Å². The first-order valence-corrected chi connectivity index (χ1v) is 8.41. The summed E-state index contributed by atoms with van der Waals surface area (Å²) in [5, 5.41) is 40.8. The highest BCUT2D eigenvalue weighted by Crippen LogP contribution is 2.38. The molecule has 1 unspecified atom stereocenters. The second-order valence-corrected chi connectivity index (χ2v) is 6.39. The van der Waals surface area contributed by atoms with E-state index in [-0.39, 0.29) is 17.8 Å². The van der Waals surface area contributed by atoms with E-state index in [0.29, 0.717) is 22.7 Å². The summed E-state index contributed by atoms with van der Waals surface area (Å²) in [4.78, 5) is 0. The number of hydrogen-bond acceptors (Lipinski definition) is 6. The van der Waals surface area contributed by atoms with Crippen LogP contribution in [0.15, 0.2) is 36.4 Å². The van der Waals surface area contributed by atoms with Gasteiger partial charge in [0.15, 0.2) is 5.82 Å². The normalized spacial score (nSPS) is 12.9. The fourth-order valence-electron chi connectivity index (χ4n) is 2.79. The van der Waals surface area contributed by atoms with Crippen LogP contribution in [0, 0.1) is 6.92 Å². The lowest BCUT2D eigenvalue weighted by atomic mass is 10.0. The van der Waals surface area contributed by atoms with Crippen molar-refractivity contribution in [2.24, 2.45) is 0 Å². The molecule has 0 radical (unpaired) electrons. The van der Waals surface area contributed by atoms with Gasteiger partial charge in [-0.3, -0.25) is 0 Å². The number of anilines is 1. The number of phenols is 1. The van der Waals surface area contributed by atoms with Gasteiger partial charge in [0, 0.05) is 22.9 Å². The summed E-state index contributed by atoms with van der Waals surface area (Å²) >= 11 is 0. The van der Waals surface area contributed by atoms with Gasteiger partial charge in [-0.1, -0.05) is 17.7 Å². The van der Waals surface area contributed by atoms with Gasteiger partial charge in [0.05, 0.1) is 18.3 Å². The quantitative estimate of drug-likeness (QED) is 0.532. The zero-order valence-corrected chi connectivity index (χ0v) is 14.8. The van der Waals surface area contributed by atoms with Crippen LogP contribution < -0.4 is 5.32 Å². The zero-order valence-electron chi connectivity index (χ0n) is 14.8. The number of aliphatic hydroxyl groups is 2. The second-order valence-electron chi connectivity index (χ2n) is 6.39. The van der Waals surface area contributed by atoms with Gasteiger partial charge < -0.3 is 20.6 Å². The number of fused-ring (bicyclic) bond motifs is 1. The number of nitrogens with zero attached hydrogens (tertiary/aromatic N) is 2. The standard InChI is InChI=1S/C19H18F3N3O3/c1-10-2-4-13-15(6-10)18(23-8-12(27)9-26)25-24-17(13)14-5-3-11(7-16(14)28)19(20,21)22/h2-7,12,26-28H,8-9H2,1H3,(H,23,25). The number of nitrogens with one attached hydrogen (secondary N) is 1. The Morgan fingerprint density at radius 3 is 2.46 bits per heavy atom. The smallest absolute Gasteiger partial charge is 0.416 e. The minimum absolute atomic E-state index is 0.0408. The molecule has 1 aromatic heterocycles. The molecule has 1 atom stereocenters. The Morgan fingerprint density at radius 1 is 1.07 bits per heavy atom. The van der Waals surface area contributed by atoms with Gasteiger partial charge in [0.1, 0.15) is 11.4 Å². The highest BCUT2D eigenvalue weighted by atomic mass is 19.4. The SMILES string of the molecule is Cc1ccc2c(-c3ccc(C(F)(F)F)cc3O)nnc(NCC(O)CO)c2c1. The van der Waals surface area contributed by atoms with Crippen LogP contribution in [0.2, 0.25) is 0 Å². The Labute approximate surface area is 158 Å². The van der Waals surface area contributed by atoms with Crippen LogP contribution in [0.1, 0.15) is 11.1 Å². The fraction of sp³-hybridized carbons (Fsp3) is 0.263. The Hall–Kier alpha value is -2.91. The molecule has 0 spiro atoms. The molecule has 0 aliphatic carbocycles. The molecule has 28 heavy (non-hydrogen) atoms. The van der Waals surface area contributed by atoms with E-state index in [9.17, 15) is 23.4 Å². The van der Waals surface area contributed by atoms with E-state index in [0.717, 1.165) is 17.7 Å². The second kappa shape index (κ2) is 7.61. The van der Waals surface area contributed by atoms with Crippen molar-refractivity contribution in [1.82, 2.24) is 10.2 Å². The van der Waals surface area contributed by atoms with Crippen LogP contribution in [0.5, 0.6) is 5.75 Å². The summed E-state index contributed by atoms with van der Waals surface area (Å²) in [6.45, 7) is 1.48. The molecule has 4 N–H and O–H groups in total. The molecule has 2 aromatic carbocycles. The number of benzene rings is 2. The molecular weight excluding hydrogens is 375 g/mol. The van der Waals surface area contributed by atoms with Crippen molar-refractivity contribution >= 4 is 16.6 Å². The molecular formula is C19H18F3N3O3. The number of aromatic nitrogens is 2. The van der Waals surface area contributed by atoms with Gasteiger partial charge in [0.2, 0.25) is 0 Å². The van der Waals surface area contributed by atoms with Crippen LogP contribution >= 0.6 is 0 Å². The van der Waals surface area contributed by atoms with E-state index in [1.807, 2.05) is 13.0 Å². The first-order valence-electron chi connectivity index (χ1n) is 8.41. The molecule has 1 heterocycles. The van der Waals surface area contributed by atoms with Crippen molar-refractivity contribution < 1.29 is 28.5 Å². The van der Waals surface area contributed by atoms with Crippen LogP contribution in [-0.4, -0.2) is 44.8 Å². The maximum absolute atomic E-state index is 12.8. The molecule has 0 bridgehead atoms. The van der Waals surface area contributed by atoms with Crippen molar-refractivity contribution in [3.63, 3.8) is 0 Å². The first-order chi connectivity index (χ1) is 13.2. The zero-order chi connectivity index (χ0) is 20.5. The summed E-state index contributed by atoms with van der Waals surface area (Å²) in [6.07, 6.45) is -5.55. The topological polar surface area (TPSA) is 98.5 Å². The lowest BCUT2D eigenvalue weighted by molar-refractivity contribution is -0.137. The van der Waals surface area contributed by atoms with Crippen LogP contribution in [0.4, 0.5) is 19.0 Å². The van der Waals surface area contributed by atoms with Crippen LogP contribution in [0.25, 0.3) is 22.0 Å². The number of rotatable bonds is 5. The number of halogens is 3. The average Bonchev–Trinajstić information content (AvgIpc) is 2.65. The average molecular weight is 393 g/mol. The third-order valence-electron chi connectivity index (χ3n) is 4.23. The van der Waals surface area contributed by atoms with Crippen molar-refractivity contribution in [1.29, 1.82) is 0 Å². The van der Waals surface area contributed by atoms with Gasteiger partial charge in [-0.15, -0.1) is 10.2 Å². The molecule has 0 aliphatic rings. The van der Waals surface area contributed by atoms with E-state index in [1.54, 1.807) is 12.1 Å². The Kier molecular flexibility index (Phi) is 5.39. The molecule has 3 rings (SSSR count). The van der Waals surface area contributed by atoms with Crippen molar-refractivity contribution in [3.8, 4) is 17.0 Å². The van der Waals surface area contributed by atoms with Gasteiger partial charge in [-0.2, -0.15) is 13.2 Å². The number of alkyl halides is 3. The largest absolute Gasteiger partial charge is 0.507 e. The molecule has 0 aliphatic heterocycles. The first kappa shape index (κ1) is 19.8. The van der Waals surface area contributed by atoms with Gasteiger partial charge in [-0.25, -0.2) is 0 Å². The fourth-order valence-corrected chi connectivity index (χ4v) is 2.79. The molecule has 0 saturated carbocycles. The lowest BCUT2D eigenvalue weighted by Gasteiger charge is -2.15. The summed E-state index contributed by atoms with van der Waals surface area (Å²) in [5.41, 5.74) is 0.303. The van der Waals surface area contributed by atoms with E-state index < -0.39 is 30.2 Å². The van der Waals surface area contributed by atoms with Crippen molar-refractivity contribution in [2.75, 3.05) is 18.5 Å². The number of aromatic hydroxyl groups is 1.